The average Bonchev–Trinajstić information content (AvgIpc) is 2.98. The molecule has 0 bridgehead atoms. The van der Waals surface area contributed by atoms with E-state index in [2.05, 4.69) is 34.4 Å². The molecule has 1 aliphatic heterocycles. The zero-order chi connectivity index (χ0) is 15.8. The molecule has 1 aliphatic carbocycles. The summed E-state index contributed by atoms with van der Waals surface area (Å²) in [4.78, 5) is 7.08. The van der Waals surface area contributed by atoms with Crippen LogP contribution in [0.25, 0.3) is 0 Å². The SMILES string of the molecule is CN(CC1Cn2c(cccc2=N)N1)C1CCCc2cccnc21. The number of rotatable bonds is 3. The lowest BCUT2D eigenvalue weighted by molar-refractivity contribution is 0.206. The number of hydrogen-bond acceptors (Lipinski definition) is 4. The van der Waals surface area contributed by atoms with Gasteiger partial charge in [-0.05, 0) is 50.1 Å². The van der Waals surface area contributed by atoms with Crippen molar-refractivity contribution in [3.8, 4) is 0 Å². The summed E-state index contributed by atoms with van der Waals surface area (Å²) >= 11 is 0. The van der Waals surface area contributed by atoms with Gasteiger partial charge in [0.15, 0.2) is 0 Å². The first-order valence-electron chi connectivity index (χ1n) is 8.37. The van der Waals surface area contributed by atoms with Crippen LogP contribution in [0.5, 0.6) is 0 Å². The van der Waals surface area contributed by atoms with Crippen molar-refractivity contribution >= 4 is 5.82 Å². The summed E-state index contributed by atoms with van der Waals surface area (Å²) in [7, 11) is 2.20. The Bertz CT molecular complexity index is 766. The minimum Gasteiger partial charge on any atom is -0.366 e. The summed E-state index contributed by atoms with van der Waals surface area (Å²) in [5, 5.41) is 11.6. The molecule has 2 aromatic rings. The molecule has 5 heteroatoms. The molecule has 0 saturated heterocycles. The number of anilines is 1. The maximum atomic E-state index is 8.02. The second-order valence-corrected chi connectivity index (χ2v) is 6.64. The zero-order valence-electron chi connectivity index (χ0n) is 13.5. The molecule has 0 fully saturated rings. The fourth-order valence-corrected chi connectivity index (χ4v) is 3.93. The molecule has 4 rings (SSSR count). The van der Waals surface area contributed by atoms with Crippen molar-refractivity contribution in [1.82, 2.24) is 14.5 Å². The van der Waals surface area contributed by atoms with Crippen LogP contribution in [0.2, 0.25) is 0 Å². The third kappa shape index (κ3) is 2.65. The topological polar surface area (TPSA) is 56.9 Å². The van der Waals surface area contributed by atoms with E-state index in [0.29, 0.717) is 17.6 Å². The van der Waals surface area contributed by atoms with Gasteiger partial charge in [-0.2, -0.15) is 0 Å². The lowest BCUT2D eigenvalue weighted by Gasteiger charge is -2.33. The molecule has 3 heterocycles. The number of aryl methyl sites for hydroxylation is 1. The van der Waals surface area contributed by atoms with E-state index in [1.165, 1.54) is 24.1 Å². The molecule has 2 unspecified atom stereocenters. The van der Waals surface area contributed by atoms with Crippen LogP contribution in [0.1, 0.15) is 30.1 Å². The van der Waals surface area contributed by atoms with Crippen molar-refractivity contribution < 1.29 is 0 Å². The molecule has 2 atom stereocenters. The molecule has 0 spiro atoms. The second-order valence-electron chi connectivity index (χ2n) is 6.64. The van der Waals surface area contributed by atoms with Crippen LogP contribution < -0.4 is 10.8 Å². The van der Waals surface area contributed by atoms with Gasteiger partial charge >= 0.3 is 0 Å². The van der Waals surface area contributed by atoms with Crippen LogP contribution in [0.4, 0.5) is 5.82 Å². The summed E-state index contributed by atoms with van der Waals surface area (Å²) in [5.74, 6) is 1.05. The summed E-state index contributed by atoms with van der Waals surface area (Å²) in [5.41, 5.74) is 3.23. The number of nitrogens with zero attached hydrogens (tertiary/aromatic N) is 3. The highest BCUT2D eigenvalue weighted by Gasteiger charge is 2.28. The quantitative estimate of drug-likeness (QED) is 0.913. The molecule has 2 aromatic heterocycles. The first kappa shape index (κ1) is 14.5. The van der Waals surface area contributed by atoms with E-state index < -0.39 is 0 Å². The number of pyridine rings is 2. The van der Waals surface area contributed by atoms with Gasteiger partial charge in [0.2, 0.25) is 0 Å². The molecule has 2 aliphatic rings. The Labute approximate surface area is 136 Å². The highest BCUT2D eigenvalue weighted by atomic mass is 15.2. The monoisotopic (exact) mass is 309 g/mol. The predicted molar refractivity (Wildman–Crippen MR) is 90.2 cm³/mol. The minimum atomic E-state index is 0.348. The Kier molecular flexibility index (Phi) is 3.65. The van der Waals surface area contributed by atoms with Crippen LogP contribution in [0.15, 0.2) is 36.5 Å². The normalized spacial score (nSPS) is 22.5. The number of aromatic nitrogens is 2. The largest absolute Gasteiger partial charge is 0.366 e. The van der Waals surface area contributed by atoms with E-state index in [-0.39, 0.29) is 0 Å². The number of likely N-dealkylation sites (N-methyl/N-ethyl adjacent to an activating group) is 1. The molecule has 23 heavy (non-hydrogen) atoms. The smallest absolute Gasteiger partial charge is 0.126 e. The van der Waals surface area contributed by atoms with Crippen LogP contribution in [-0.2, 0) is 13.0 Å². The number of hydrogen-bond donors (Lipinski definition) is 2. The van der Waals surface area contributed by atoms with Crippen molar-refractivity contribution in [3.05, 3.63) is 53.3 Å². The van der Waals surface area contributed by atoms with Gasteiger partial charge in [-0.15, -0.1) is 0 Å². The summed E-state index contributed by atoms with van der Waals surface area (Å²) in [6.07, 6.45) is 5.48. The standard InChI is InChI=1S/C18H23N5/c1-22(15-7-2-5-13-6-4-10-20-18(13)15)11-14-12-23-16(19)8-3-9-17(23)21-14/h3-4,6,8-10,14-15,19,21H,2,5,7,11-12H2,1H3. The highest BCUT2D eigenvalue weighted by molar-refractivity contribution is 5.40. The van der Waals surface area contributed by atoms with Crippen LogP contribution >= 0.6 is 0 Å². The molecule has 0 amide bonds. The number of nitrogens with one attached hydrogen (secondary N) is 2. The van der Waals surface area contributed by atoms with Crippen LogP contribution in [0.3, 0.4) is 0 Å². The van der Waals surface area contributed by atoms with Gasteiger partial charge in [-0.25, -0.2) is 0 Å². The molecular weight excluding hydrogens is 286 g/mol. The van der Waals surface area contributed by atoms with Crippen LogP contribution in [-0.4, -0.2) is 34.1 Å². The highest BCUT2D eigenvalue weighted by Crippen LogP contribution is 2.32. The number of fused-ring (bicyclic) bond motifs is 2. The Hall–Kier alpha value is -2.14. The maximum Gasteiger partial charge on any atom is 0.126 e. The Morgan fingerprint density at radius 1 is 1.35 bits per heavy atom. The predicted octanol–water partition coefficient (Wildman–Crippen LogP) is 2.17. The molecule has 0 radical (unpaired) electrons. The van der Waals surface area contributed by atoms with Crippen molar-refractivity contribution in [2.75, 3.05) is 18.9 Å². The van der Waals surface area contributed by atoms with Crippen molar-refractivity contribution in [1.29, 1.82) is 5.41 Å². The molecule has 0 aromatic carbocycles. The molecule has 5 nitrogen and oxygen atoms in total. The average molecular weight is 309 g/mol. The van der Waals surface area contributed by atoms with Crippen LogP contribution in [0, 0.1) is 5.41 Å². The van der Waals surface area contributed by atoms with E-state index in [0.717, 1.165) is 25.3 Å². The van der Waals surface area contributed by atoms with Gasteiger partial charge in [0, 0.05) is 19.3 Å². The Morgan fingerprint density at radius 2 is 2.26 bits per heavy atom. The lowest BCUT2D eigenvalue weighted by Crippen LogP contribution is -2.37. The second kappa shape index (κ2) is 5.81. The maximum absolute atomic E-state index is 8.02. The molecule has 0 saturated carbocycles. The fraction of sp³-hybridized carbons (Fsp3) is 0.444. The van der Waals surface area contributed by atoms with Gasteiger partial charge < -0.3 is 9.88 Å². The first-order chi connectivity index (χ1) is 11.2. The fourth-order valence-electron chi connectivity index (χ4n) is 3.93. The molecule has 120 valence electrons. The third-order valence-electron chi connectivity index (χ3n) is 5.05. The van der Waals surface area contributed by atoms with E-state index in [9.17, 15) is 0 Å². The molecular formula is C18H23N5. The van der Waals surface area contributed by atoms with Gasteiger partial charge in [0.25, 0.3) is 0 Å². The first-order valence-corrected chi connectivity index (χ1v) is 8.37. The summed E-state index contributed by atoms with van der Waals surface area (Å²) < 4.78 is 2.05. The third-order valence-corrected chi connectivity index (χ3v) is 5.05. The van der Waals surface area contributed by atoms with Gasteiger partial charge in [0.05, 0.1) is 17.8 Å². The lowest BCUT2D eigenvalue weighted by atomic mass is 9.91. The minimum absolute atomic E-state index is 0.348. The van der Waals surface area contributed by atoms with E-state index in [1.54, 1.807) is 0 Å². The van der Waals surface area contributed by atoms with E-state index >= 15 is 0 Å². The van der Waals surface area contributed by atoms with E-state index in [1.807, 2.05) is 29.0 Å². The van der Waals surface area contributed by atoms with Gasteiger partial charge in [-0.1, -0.05) is 12.1 Å². The molecule has 2 N–H and O–H groups in total. The van der Waals surface area contributed by atoms with Crippen molar-refractivity contribution in [2.45, 2.75) is 37.9 Å². The zero-order valence-corrected chi connectivity index (χ0v) is 13.5. The summed E-state index contributed by atoms with van der Waals surface area (Å²) in [6, 6.07) is 10.9. The van der Waals surface area contributed by atoms with Crippen molar-refractivity contribution in [2.24, 2.45) is 0 Å². The van der Waals surface area contributed by atoms with Crippen molar-refractivity contribution in [3.63, 3.8) is 0 Å². The van der Waals surface area contributed by atoms with E-state index in [4.69, 9.17) is 5.41 Å². The van der Waals surface area contributed by atoms with Gasteiger partial charge in [0.1, 0.15) is 11.3 Å². The Morgan fingerprint density at radius 3 is 3.13 bits per heavy atom. The van der Waals surface area contributed by atoms with Gasteiger partial charge in [-0.3, -0.25) is 15.3 Å². The Balaban J connectivity index is 1.49. The summed E-state index contributed by atoms with van der Waals surface area (Å²) in [6.45, 7) is 1.82.